The van der Waals surface area contributed by atoms with Crippen LogP contribution in [0.2, 0.25) is 0 Å². The number of carbonyl (C=O) groups is 3. The quantitative estimate of drug-likeness (QED) is 0.0263. The predicted molar refractivity (Wildman–Crippen MR) is 252 cm³/mol. The Labute approximate surface area is 367 Å². The van der Waals surface area contributed by atoms with Crippen molar-refractivity contribution in [3.05, 3.63) is 12.2 Å². The minimum atomic E-state index is -0.765. The molecule has 0 spiro atoms. The summed E-state index contributed by atoms with van der Waals surface area (Å²) >= 11 is 0. The van der Waals surface area contributed by atoms with Crippen molar-refractivity contribution in [1.82, 2.24) is 0 Å². The molecule has 0 saturated heterocycles. The molecule has 6 heteroatoms. The minimum absolute atomic E-state index is 0.0695. The number of unbranched alkanes of at least 4 members (excludes halogenated alkanes) is 35. The molecule has 59 heavy (non-hydrogen) atoms. The molecule has 0 N–H and O–H groups in total. The molecule has 0 heterocycles. The van der Waals surface area contributed by atoms with Gasteiger partial charge in [-0.1, -0.05) is 238 Å². The van der Waals surface area contributed by atoms with Gasteiger partial charge in [0.15, 0.2) is 6.10 Å². The lowest BCUT2D eigenvalue weighted by Gasteiger charge is -2.18. The zero-order chi connectivity index (χ0) is 43.0. The standard InChI is InChI=1S/C53H100O6/c1-4-7-10-13-15-17-19-21-23-24-25-26-27-28-30-31-33-35-37-40-43-46-52(55)58-49-50(48-57-51(54)45-42-39-12-9-6-3)59-53(56)47-44-41-38-36-34-32-29-22-20-18-16-14-11-8-5-2/h22,29,50H,4-21,23-28,30-49H2,1-3H3/b29-22-. The van der Waals surface area contributed by atoms with E-state index in [1.807, 2.05) is 0 Å². The number of allylic oxidation sites excluding steroid dienone is 2. The van der Waals surface area contributed by atoms with Crippen molar-refractivity contribution in [2.45, 2.75) is 297 Å². The largest absolute Gasteiger partial charge is 0.462 e. The highest BCUT2D eigenvalue weighted by Crippen LogP contribution is 2.16. The van der Waals surface area contributed by atoms with Crippen LogP contribution in [0.3, 0.4) is 0 Å². The molecule has 1 unspecified atom stereocenters. The van der Waals surface area contributed by atoms with E-state index >= 15 is 0 Å². The average Bonchev–Trinajstić information content (AvgIpc) is 3.23. The third kappa shape index (κ3) is 47.1. The van der Waals surface area contributed by atoms with Gasteiger partial charge in [-0.3, -0.25) is 14.4 Å². The van der Waals surface area contributed by atoms with Gasteiger partial charge >= 0.3 is 17.9 Å². The van der Waals surface area contributed by atoms with E-state index < -0.39 is 6.10 Å². The Hall–Kier alpha value is -1.85. The zero-order valence-corrected chi connectivity index (χ0v) is 39.8. The Morgan fingerprint density at radius 1 is 0.322 bits per heavy atom. The monoisotopic (exact) mass is 833 g/mol. The Morgan fingerprint density at radius 2 is 0.559 bits per heavy atom. The first-order valence-electron chi connectivity index (χ1n) is 26.2. The molecule has 0 aromatic heterocycles. The summed E-state index contributed by atoms with van der Waals surface area (Å²) < 4.78 is 16.7. The maximum absolute atomic E-state index is 12.7. The van der Waals surface area contributed by atoms with Gasteiger partial charge in [0.1, 0.15) is 13.2 Å². The van der Waals surface area contributed by atoms with Gasteiger partial charge in [0.05, 0.1) is 0 Å². The normalized spacial score (nSPS) is 12.0. The van der Waals surface area contributed by atoms with E-state index in [2.05, 4.69) is 32.9 Å². The van der Waals surface area contributed by atoms with Crippen LogP contribution in [-0.2, 0) is 28.6 Å². The topological polar surface area (TPSA) is 78.9 Å². The highest BCUT2D eigenvalue weighted by atomic mass is 16.6. The van der Waals surface area contributed by atoms with Gasteiger partial charge in [-0.05, 0) is 44.9 Å². The van der Waals surface area contributed by atoms with Crippen LogP contribution in [0.5, 0.6) is 0 Å². The Bertz CT molecular complexity index is 916. The summed E-state index contributed by atoms with van der Waals surface area (Å²) in [4.78, 5) is 37.6. The maximum Gasteiger partial charge on any atom is 0.306 e. The second-order valence-electron chi connectivity index (χ2n) is 17.8. The van der Waals surface area contributed by atoms with Crippen LogP contribution >= 0.6 is 0 Å². The lowest BCUT2D eigenvalue weighted by molar-refractivity contribution is -0.167. The maximum atomic E-state index is 12.7. The van der Waals surface area contributed by atoms with E-state index in [4.69, 9.17) is 14.2 Å². The van der Waals surface area contributed by atoms with Gasteiger partial charge in [-0.2, -0.15) is 0 Å². The zero-order valence-electron chi connectivity index (χ0n) is 39.8. The summed E-state index contributed by atoms with van der Waals surface area (Å²) in [5.74, 6) is -0.877. The smallest absolute Gasteiger partial charge is 0.306 e. The SMILES string of the molecule is CCCCCCCC/C=C\CCCCCCCC(=O)OC(COC(=O)CCCCCCC)COC(=O)CCCCCCCCCCCCCCCCCCCCCCC. The first kappa shape index (κ1) is 57.1. The molecule has 6 nitrogen and oxygen atoms in total. The molecular weight excluding hydrogens is 733 g/mol. The van der Waals surface area contributed by atoms with Crippen molar-refractivity contribution < 1.29 is 28.6 Å². The van der Waals surface area contributed by atoms with Gasteiger partial charge in [-0.15, -0.1) is 0 Å². The molecule has 0 fully saturated rings. The van der Waals surface area contributed by atoms with Crippen molar-refractivity contribution in [2.75, 3.05) is 13.2 Å². The Kier molecular flexibility index (Phi) is 47.3. The molecule has 0 radical (unpaired) electrons. The molecule has 0 aliphatic heterocycles. The third-order valence-corrected chi connectivity index (χ3v) is 11.8. The number of rotatable bonds is 48. The second kappa shape index (κ2) is 48.8. The average molecular weight is 833 g/mol. The van der Waals surface area contributed by atoms with Gasteiger partial charge in [0.25, 0.3) is 0 Å². The summed E-state index contributed by atoms with van der Waals surface area (Å²) in [7, 11) is 0. The Morgan fingerprint density at radius 3 is 0.847 bits per heavy atom. The van der Waals surface area contributed by atoms with Gasteiger partial charge in [0, 0.05) is 19.3 Å². The fraction of sp³-hybridized carbons (Fsp3) is 0.906. The predicted octanol–water partition coefficient (Wildman–Crippen LogP) is 17.0. The lowest BCUT2D eigenvalue weighted by Crippen LogP contribution is -2.30. The van der Waals surface area contributed by atoms with Crippen molar-refractivity contribution >= 4 is 17.9 Å². The molecule has 0 aliphatic rings. The molecule has 0 rings (SSSR count). The summed E-state index contributed by atoms with van der Waals surface area (Å²) in [6.45, 7) is 6.58. The van der Waals surface area contributed by atoms with Gasteiger partial charge in [0.2, 0.25) is 0 Å². The summed E-state index contributed by atoms with van der Waals surface area (Å²) in [6, 6.07) is 0. The number of esters is 3. The van der Waals surface area contributed by atoms with E-state index in [1.54, 1.807) is 0 Å². The van der Waals surface area contributed by atoms with E-state index in [1.165, 1.54) is 180 Å². The third-order valence-electron chi connectivity index (χ3n) is 11.8. The number of hydrogen-bond donors (Lipinski definition) is 0. The lowest BCUT2D eigenvalue weighted by atomic mass is 10.0. The van der Waals surface area contributed by atoms with Crippen molar-refractivity contribution in [3.63, 3.8) is 0 Å². The van der Waals surface area contributed by atoms with E-state index in [9.17, 15) is 14.4 Å². The summed E-state index contributed by atoms with van der Waals surface area (Å²) in [5.41, 5.74) is 0. The molecular formula is C53H100O6. The van der Waals surface area contributed by atoms with Crippen molar-refractivity contribution in [1.29, 1.82) is 0 Å². The van der Waals surface area contributed by atoms with Gasteiger partial charge < -0.3 is 14.2 Å². The first-order valence-corrected chi connectivity index (χ1v) is 26.2. The fourth-order valence-corrected chi connectivity index (χ4v) is 7.79. The second-order valence-corrected chi connectivity index (χ2v) is 17.8. The van der Waals surface area contributed by atoms with Crippen LogP contribution in [0.1, 0.15) is 290 Å². The molecule has 0 bridgehead atoms. The molecule has 1 atom stereocenters. The summed E-state index contributed by atoms with van der Waals surface area (Å²) in [6.07, 6.45) is 53.8. The molecule has 348 valence electrons. The molecule has 0 saturated carbocycles. The Balaban J connectivity index is 4.08. The molecule has 0 amide bonds. The first-order chi connectivity index (χ1) is 29.0. The number of ether oxygens (including phenoxy) is 3. The van der Waals surface area contributed by atoms with Gasteiger partial charge in [-0.25, -0.2) is 0 Å². The van der Waals surface area contributed by atoms with Crippen LogP contribution in [0.15, 0.2) is 12.2 Å². The van der Waals surface area contributed by atoms with E-state index in [-0.39, 0.29) is 31.1 Å². The minimum Gasteiger partial charge on any atom is -0.462 e. The van der Waals surface area contributed by atoms with E-state index in [0.717, 1.165) is 70.6 Å². The van der Waals surface area contributed by atoms with Crippen LogP contribution in [0.25, 0.3) is 0 Å². The van der Waals surface area contributed by atoms with Crippen molar-refractivity contribution in [2.24, 2.45) is 0 Å². The number of hydrogen-bond acceptors (Lipinski definition) is 6. The highest BCUT2D eigenvalue weighted by molar-refractivity contribution is 5.71. The molecule has 0 aliphatic carbocycles. The van der Waals surface area contributed by atoms with Crippen LogP contribution in [-0.4, -0.2) is 37.2 Å². The molecule has 0 aromatic carbocycles. The van der Waals surface area contributed by atoms with Crippen molar-refractivity contribution in [3.8, 4) is 0 Å². The van der Waals surface area contributed by atoms with Crippen LogP contribution < -0.4 is 0 Å². The molecule has 0 aromatic rings. The highest BCUT2D eigenvalue weighted by Gasteiger charge is 2.19. The van der Waals surface area contributed by atoms with Crippen LogP contribution in [0.4, 0.5) is 0 Å². The number of carbonyl (C=O) groups excluding carboxylic acids is 3. The van der Waals surface area contributed by atoms with Crippen LogP contribution in [0, 0.1) is 0 Å². The summed E-state index contributed by atoms with van der Waals surface area (Å²) in [5, 5.41) is 0. The fourth-order valence-electron chi connectivity index (χ4n) is 7.79. The van der Waals surface area contributed by atoms with E-state index in [0.29, 0.717) is 19.3 Å².